The van der Waals surface area contributed by atoms with Crippen LogP contribution in [0.4, 0.5) is 0 Å². The van der Waals surface area contributed by atoms with E-state index in [1.165, 1.54) is 29.5 Å². The van der Waals surface area contributed by atoms with E-state index in [9.17, 15) is 0 Å². The van der Waals surface area contributed by atoms with Gasteiger partial charge in [-0.3, -0.25) is 4.68 Å². The van der Waals surface area contributed by atoms with E-state index in [4.69, 9.17) is 0 Å². The van der Waals surface area contributed by atoms with Crippen LogP contribution in [0.2, 0.25) is 0 Å². The monoisotopic (exact) mass is 255 g/mol. The first-order chi connectivity index (χ1) is 9.22. The molecule has 0 spiro atoms. The van der Waals surface area contributed by atoms with E-state index in [0.717, 1.165) is 12.5 Å². The zero-order valence-electron chi connectivity index (χ0n) is 11.6. The molecule has 19 heavy (non-hydrogen) atoms. The Morgan fingerprint density at radius 2 is 2.11 bits per heavy atom. The van der Waals surface area contributed by atoms with Crippen molar-refractivity contribution in [2.24, 2.45) is 7.05 Å². The lowest BCUT2D eigenvalue weighted by Crippen LogP contribution is -2.39. The Morgan fingerprint density at radius 1 is 1.32 bits per heavy atom. The predicted octanol–water partition coefficient (Wildman–Crippen LogP) is 2.76. The largest absolute Gasteiger partial charge is 0.310 e. The Morgan fingerprint density at radius 3 is 2.79 bits per heavy atom. The molecule has 1 aliphatic carbocycles. The minimum atomic E-state index is 0.657. The van der Waals surface area contributed by atoms with Gasteiger partial charge in [0.2, 0.25) is 0 Å². The molecule has 2 aromatic rings. The summed E-state index contributed by atoms with van der Waals surface area (Å²) >= 11 is 0. The lowest BCUT2D eigenvalue weighted by atomic mass is 9.74. The number of aromatic nitrogens is 2. The minimum absolute atomic E-state index is 0.657. The summed E-state index contributed by atoms with van der Waals surface area (Å²) in [6, 6.07) is 9.42. The van der Waals surface area contributed by atoms with Gasteiger partial charge in [-0.15, -0.1) is 0 Å². The lowest BCUT2D eigenvalue weighted by Gasteiger charge is -2.37. The number of hydrogen-bond donors (Lipinski definition) is 1. The molecular formula is C16H21N3. The number of aryl methyl sites for hydroxylation is 2. The third-order valence-corrected chi connectivity index (χ3v) is 4.12. The Labute approximate surface area is 114 Å². The Hall–Kier alpha value is -1.61. The van der Waals surface area contributed by atoms with Gasteiger partial charge in [-0.1, -0.05) is 24.3 Å². The molecule has 1 N–H and O–H groups in total. The maximum Gasteiger partial charge on any atom is 0.0534 e. The van der Waals surface area contributed by atoms with Crippen LogP contribution in [0.25, 0.3) is 0 Å². The number of rotatable bonds is 4. The number of benzene rings is 1. The summed E-state index contributed by atoms with van der Waals surface area (Å²) in [4.78, 5) is 0. The van der Waals surface area contributed by atoms with Crippen molar-refractivity contribution < 1.29 is 0 Å². The predicted molar refractivity (Wildman–Crippen MR) is 77.0 cm³/mol. The van der Waals surface area contributed by atoms with E-state index in [1.54, 1.807) is 0 Å². The second kappa shape index (κ2) is 5.17. The van der Waals surface area contributed by atoms with Crippen molar-refractivity contribution in [3.05, 3.63) is 53.3 Å². The molecule has 0 radical (unpaired) electrons. The molecule has 0 amide bonds. The van der Waals surface area contributed by atoms with E-state index in [0.29, 0.717) is 6.04 Å². The number of hydrogen-bond acceptors (Lipinski definition) is 2. The molecule has 1 fully saturated rings. The van der Waals surface area contributed by atoms with Gasteiger partial charge in [0, 0.05) is 31.4 Å². The second-order valence-electron chi connectivity index (χ2n) is 5.62. The Balaban J connectivity index is 1.49. The molecule has 0 bridgehead atoms. The fourth-order valence-electron chi connectivity index (χ4n) is 2.91. The average molecular weight is 255 g/mol. The maximum atomic E-state index is 4.19. The normalized spacial score (nSPS) is 22.2. The van der Waals surface area contributed by atoms with Crippen LogP contribution in [-0.4, -0.2) is 15.8 Å². The molecule has 1 aliphatic rings. The summed E-state index contributed by atoms with van der Waals surface area (Å²) in [6.45, 7) is 3.14. The summed E-state index contributed by atoms with van der Waals surface area (Å²) in [5.74, 6) is 0.743. The van der Waals surface area contributed by atoms with Crippen LogP contribution in [0.15, 0.2) is 36.7 Å². The summed E-state index contributed by atoms with van der Waals surface area (Å²) in [5, 5.41) is 7.80. The summed E-state index contributed by atoms with van der Waals surface area (Å²) in [6.07, 6.45) is 6.52. The van der Waals surface area contributed by atoms with Crippen molar-refractivity contribution in [2.45, 2.75) is 38.3 Å². The van der Waals surface area contributed by atoms with Crippen molar-refractivity contribution >= 4 is 0 Å². The van der Waals surface area contributed by atoms with Crippen LogP contribution >= 0.6 is 0 Å². The first-order valence-corrected chi connectivity index (χ1v) is 6.99. The average Bonchev–Trinajstić information content (AvgIpc) is 2.75. The smallest absolute Gasteiger partial charge is 0.0534 e. The molecule has 3 rings (SSSR count). The fourth-order valence-corrected chi connectivity index (χ4v) is 2.91. The van der Waals surface area contributed by atoms with Crippen LogP contribution in [0.5, 0.6) is 0 Å². The Bertz CT molecular complexity index is 553. The molecule has 1 aromatic carbocycles. The highest BCUT2D eigenvalue weighted by molar-refractivity contribution is 5.31. The van der Waals surface area contributed by atoms with Gasteiger partial charge in [0.1, 0.15) is 0 Å². The van der Waals surface area contributed by atoms with E-state index in [-0.39, 0.29) is 0 Å². The fraction of sp³-hybridized carbons (Fsp3) is 0.438. The molecule has 0 unspecified atom stereocenters. The highest BCUT2D eigenvalue weighted by Crippen LogP contribution is 2.38. The van der Waals surface area contributed by atoms with Gasteiger partial charge in [-0.25, -0.2) is 0 Å². The van der Waals surface area contributed by atoms with Gasteiger partial charge >= 0.3 is 0 Å². The van der Waals surface area contributed by atoms with Crippen molar-refractivity contribution in [1.29, 1.82) is 0 Å². The van der Waals surface area contributed by atoms with Crippen LogP contribution in [0, 0.1) is 6.92 Å². The first kappa shape index (κ1) is 12.4. The van der Waals surface area contributed by atoms with E-state index >= 15 is 0 Å². The molecule has 1 heterocycles. The molecule has 1 aromatic heterocycles. The zero-order chi connectivity index (χ0) is 13.2. The van der Waals surface area contributed by atoms with Gasteiger partial charge in [0.05, 0.1) is 6.20 Å². The molecule has 0 atom stereocenters. The molecule has 3 heteroatoms. The third kappa shape index (κ3) is 2.71. The highest BCUT2D eigenvalue weighted by atomic mass is 15.2. The summed E-state index contributed by atoms with van der Waals surface area (Å²) in [7, 11) is 1.96. The third-order valence-electron chi connectivity index (χ3n) is 4.12. The van der Waals surface area contributed by atoms with E-state index in [2.05, 4.69) is 47.8 Å². The quantitative estimate of drug-likeness (QED) is 0.910. The van der Waals surface area contributed by atoms with Crippen molar-refractivity contribution in [2.75, 3.05) is 0 Å². The molecular weight excluding hydrogens is 234 g/mol. The number of nitrogens with one attached hydrogen (secondary N) is 1. The van der Waals surface area contributed by atoms with Gasteiger partial charge < -0.3 is 5.32 Å². The topological polar surface area (TPSA) is 29.9 Å². The van der Waals surface area contributed by atoms with Crippen molar-refractivity contribution in [1.82, 2.24) is 15.1 Å². The van der Waals surface area contributed by atoms with Crippen molar-refractivity contribution in [3.8, 4) is 0 Å². The van der Waals surface area contributed by atoms with E-state index in [1.807, 2.05) is 17.9 Å². The number of nitrogens with zero attached hydrogens (tertiary/aromatic N) is 2. The molecule has 3 nitrogen and oxygen atoms in total. The molecule has 0 aliphatic heterocycles. The first-order valence-electron chi connectivity index (χ1n) is 6.99. The van der Waals surface area contributed by atoms with Crippen LogP contribution in [-0.2, 0) is 13.6 Å². The second-order valence-corrected chi connectivity index (χ2v) is 5.62. The minimum Gasteiger partial charge on any atom is -0.310 e. The Kier molecular flexibility index (Phi) is 3.38. The van der Waals surface area contributed by atoms with E-state index < -0.39 is 0 Å². The summed E-state index contributed by atoms with van der Waals surface area (Å²) < 4.78 is 1.86. The molecule has 1 saturated carbocycles. The maximum absolute atomic E-state index is 4.19. The standard InChI is InChI=1S/C16H21N3/c1-12-5-3-4-6-16(12)14-7-15(8-14)17-9-13-10-18-19(2)11-13/h3-6,10-11,14-15,17H,7-9H2,1-2H3. The van der Waals surface area contributed by atoms with Crippen molar-refractivity contribution in [3.63, 3.8) is 0 Å². The summed E-state index contributed by atoms with van der Waals surface area (Å²) in [5.41, 5.74) is 4.22. The van der Waals surface area contributed by atoms with Crippen LogP contribution in [0.3, 0.4) is 0 Å². The van der Waals surface area contributed by atoms with Gasteiger partial charge in [0.15, 0.2) is 0 Å². The zero-order valence-corrected chi connectivity index (χ0v) is 11.6. The van der Waals surface area contributed by atoms with Crippen LogP contribution in [0.1, 0.15) is 35.4 Å². The lowest BCUT2D eigenvalue weighted by molar-refractivity contribution is 0.289. The van der Waals surface area contributed by atoms with Gasteiger partial charge in [-0.2, -0.15) is 5.10 Å². The SMILES string of the molecule is Cc1ccccc1C1CC(NCc2cnn(C)c2)C1. The van der Waals surface area contributed by atoms with Gasteiger partial charge in [0.25, 0.3) is 0 Å². The van der Waals surface area contributed by atoms with Crippen LogP contribution < -0.4 is 5.32 Å². The van der Waals surface area contributed by atoms with Gasteiger partial charge in [-0.05, 0) is 36.8 Å². The molecule has 0 saturated heterocycles. The molecule has 100 valence electrons. The highest BCUT2D eigenvalue weighted by Gasteiger charge is 2.30.